The molecule has 0 saturated heterocycles. The normalized spacial score (nSPS) is 11.2. The first kappa shape index (κ1) is 12.8. The quantitative estimate of drug-likeness (QED) is 0.565. The molecule has 108 valence electrons. The predicted molar refractivity (Wildman–Crippen MR) is 83.4 cm³/mol. The minimum atomic E-state index is 0.809. The van der Waals surface area contributed by atoms with Crippen LogP contribution in [0.5, 0.6) is 0 Å². The molecule has 0 N–H and O–H groups in total. The lowest BCUT2D eigenvalue weighted by atomic mass is 10.00. The van der Waals surface area contributed by atoms with Gasteiger partial charge in [0.25, 0.3) is 0 Å². The summed E-state index contributed by atoms with van der Waals surface area (Å²) in [5.41, 5.74) is 6.14. The average molecular weight is 290 g/mol. The smallest absolute Gasteiger partial charge is 0.141 e. The first-order valence-corrected chi connectivity index (χ1v) is 7.03. The summed E-state index contributed by atoms with van der Waals surface area (Å²) < 4.78 is 7.35. The molecule has 0 radical (unpaired) electrons. The van der Waals surface area contributed by atoms with E-state index < -0.39 is 0 Å². The van der Waals surface area contributed by atoms with Gasteiger partial charge in [-0.1, -0.05) is 11.2 Å². The fourth-order valence-corrected chi connectivity index (χ4v) is 2.79. The van der Waals surface area contributed by atoms with Gasteiger partial charge in [-0.25, -0.2) is 4.98 Å². The SMILES string of the molecule is Cc1noc(C)c1-c1cc(-c2cccnc2)cn2cncc12. The van der Waals surface area contributed by atoms with Crippen molar-refractivity contribution in [2.75, 3.05) is 0 Å². The Balaban J connectivity index is 2.04. The Bertz CT molecular complexity index is 934. The van der Waals surface area contributed by atoms with Gasteiger partial charge in [0.15, 0.2) is 0 Å². The number of rotatable bonds is 2. The first-order chi connectivity index (χ1) is 10.7. The van der Waals surface area contributed by atoms with Crippen LogP contribution in [0.3, 0.4) is 0 Å². The molecule has 0 amide bonds. The average Bonchev–Trinajstić information content (AvgIpc) is 3.14. The van der Waals surface area contributed by atoms with Crippen LogP contribution in [-0.2, 0) is 0 Å². The topological polar surface area (TPSA) is 56.2 Å². The van der Waals surface area contributed by atoms with Crippen LogP contribution in [0, 0.1) is 13.8 Å². The molecule has 0 atom stereocenters. The van der Waals surface area contributed by atoms with Gasteiger partial charge in [0.2, 0.25) is 0 Å². The molecule has 0 unspecified atom stereocenters. The second-order valence-corrected chi connectivity index (χ2v) is 5.27. The lowest BCUT2D eigenvalue weighted by Gasteiger charge is -2.08. The molecule has 0 saturated carbocycles. The zero-order valence-corrected chi connectivity index (χ0v) is 12.3. The van der Waals surface area contributed by atoms with E-state index in [9.17, 15) is 0 Å². The van der Waals surface area contributed by atoms with Crippen molar-refractivity contribution in [1.82, 2.24) is 19.5 Å². The summed E-state index contributed by atoms with van der Waals surface area (Å²) in [7, 11) is 0. The number of hydrogen-bond donors (Lipinski definition) is 0. The maximum Gasteiger partial charge on any atom is 0.141 e. The Labute approximate surface area is 127 Å². The van der Waals surface area contributed by atoms with E-state index in [0.717, 1.165) is 39.2 Å². The second-order valence-electron chi connectivity index (χ2n) is 5.27. The molecule has 4 aromatic heterocycles. The van der Waals surface area contributed by atoms with Crippen LogP contribution in [0.4, 0.5) is 0 Å². The van der Waals surface area contributed by atoms with Crippen LogP contribution < -0.4 is 0 Å². The molecule has 0 aliphatic rings. The van der Waals surface area contributed by atoms with Crippen molar-refractivity contribution in [3.63, 3.8) is 0 Å². The van der Waals surface area contributed by atoms with Crippen LogP contribution in [0.15, 0.2) is 53.8 Å². The second kappa shape index (κ2) is 4.80. The highest BCUT2D eigenvalue weighted by atomic mass is 16.5. The summed E-state index contributed by atoms with van der Waals surface area (Å²) >= 11 is 0. The van der Waals surface area contributed by atoms with Crippen LogP contribution >= 0.6 is 0 Å². The van der Waals surface area contributed by atoms with E-state index in [4.69, 9.17) is 4.52 Å². The molecule has 4 aromatic rings. The highest BCUT2D eigenvalue weighted by molar-refractivity contribution is 5.85. The van der Waals surface area contributed by atoms with Crippen molar-refractivity contribution >= 4 is 5.52 Å². The number of imidazole rings is 1. The number of hydrogen-bond acceptors (Lipinski definition) is 4. The molecule has 0 aliphatic carbocycles. The van der Waals surface area contributed by atoms with Gasteiger partial charge in [-0.05, 0) is 26.0 Å². The molecule has 4 rings (SSSR count). The van der Waals surface area contributed by atoms with E-state index >= 15 is 0 Å². The zero-order chi connectivity index (χ0) is 15.1. The van der Waals surface area contributed by atoms with Crippen molar-refractivity contribution in [3.05, 3.63) is 60.8 Å². The maximum absolute atomic E-state index is 5.33. The minimum Gasteiger partial charge on any atom is -0.361 e. The van der Waals surface area contributed by atoms with Gasteiger partial charge >= 0.3 is 0 Å². The van der Waals surface area contributed by atoms with Gasteiger partial charge in [0, 0.05) is 40.8 Å². The number of aromatic nitrogens is 4. The van der Waals surface area contributed by atoms with Gasteiger partial charge in [-0.3, -0.25) is 4.98 Å². The van der Waals surface area contributed by atoms with Crippen molar-refractivity contribution in [3.8, 4) is 22.3 Å². The van der Waals surface area contributed by atoms with Crippen molar-refractivity contribution in [2.24, 2.45) is 0 Å². The van der Waals surface area contributed by atoms with Crippen molar-refractivity contribution in [2.45, 2.75) is 13.8 Å². The molecule has 0 bridgehead atoms. The van der Waals surface area contributed by atoms with E-state index in [-0.39, 0.29) is 0 Å². The third-order valence-electron chi connectivity index (χ3n) is 3.82. The number of pyridine rings is 2. The number of fused-ring (bicyclic) bond motifs is 1. The number of aryl methyl sites for hydroxylation is 2. The third kappa shape index (κ3) is 1.90. The van der Waals surface area contributed by atoms with E-state index in [1.54, 1.807) is 12.5 Å². The van der Waals surface area contributed by atoms with E-state index in [2.05, 4.69) is 27.4 Å². The van der Waals surface area contributed by atoms with Gasteiger partial charge in [-0.2, -0.15) is 0 Å². The Morgan fingerprint density at radius 3 is 2.73 bits per heavy atom. The summed E-state index contributed by atoms with van der Waals surface area (Å²) in [6.07, 6.45) is 9.34. The molecule has 5 heteroatoms. The standard InChI is InChI=1S/C17H14N4O/c1-11-17(12(2)22-20-11)15-6-14(13-4-3-5-18-7-13)9-21-10-19-8-16(15)21/h3-10H,1-2H3. The monoisotopic (exact) mass is 290 g/mol. The van der Waals surface area contributed by atoms with Crippen LogP contribution in [0.1, 0.15) is 11.5 Å². The summed E-state index contributed by atoms with van der Waals surface area (Å²) in [4.78, 5) is 8.46. The zero-order valence-electron chi connectivity index (χ0n) is 12.3. The summed E-state index contributed by atoms with van der Waals surface area (Å²) in [5, 5.41) is 4.07. The highest BCUT2D eigenvalue weighted by Crippen LogP contribution is 2.33. The predicted octanol–water partition coefficient (Wildman–Crippen LogP) is 3.67. The molecule has 5 nitrogen and oxygen atoms in total. The minimum absolute atomic E-state index is 0.809. The molecule has 0 aromatic carbocycles. The van der Waals surface area contributed by atoms with Crippen LogP contribution in [0.2, 0.25) is 0 Å². The van der Waals surface area contributed by atoms with Crippen molar-refractivity contribution in [1.29, 1.82) is 0 Å². The molecular formula is C17H14N4O. The summed E-state index contributed by atoms with van der Waals surface area (Å²) in [6, 6.07) is 6.12. The molecular weight excluding hydrogens is 276 g/mol. The molecule has 0 spiro atoms. The summed E-state index contributed by atoms with van der Waals surface area (Å²) in [6.45, 7) is 3.88. The van der Waals surface area contributed by atoms with Crippen LogP contribution in [-0.4, -0.2) is 19.5 Å². The Kier molecular flexibility index (Phi) is 2.79. The van der Waals surface area contributed by atoms with E-state index in [0.29, 0.717) is 0 Å². The fraction of sp³-hybridized carbons (Fsp3) is 0.118. The lowest BCUT2D eigenvalue weighted by molar-refractivity contribution is 0.393. The highest BCUT2D eigenvalue weighted by Gasteiger charge is 2.16. The molecule has 22 heavy (non-hydrogen) atoms. The van der Waals surface area contributed by atoms with Gasteiger partial charge in [-0.15, -0.1) is 0 Å². The fourth-order valence-electron chi connectivity index (χ4n) is 2.79. The first-order valence-electron chi connectivity index (χ1n) is 7.03. The molecule has 4 heterocycles. The molecule has 0 aliphatic heterocycles. The van der Waals surface area contributed by atoms with Gasteiger partial charge in [0.05, 0.1) is 23.7 Å². The number of nitrogens with zero attached hydrogens (tertiary/aromatic N) is 4. The van der Waals surface area contributed by atoms with Gasteiger partial charge < -0.3 is 8.92 Å². The van der Waals surface area contributed by atoms with E-state index in [1.807, 2.05) is 42.8 Å². The molecule has 0 fully saturated rings. The largest absolute Gasteiger partial charge is 0.361 e. The summed E-state index contributed by atoms with van der Waals surface area (Å²) in [5.74, 6) is 0.809. The Morgan fingerprint density at radius 2 is 2.00 bits per heavy atom. The van der Waals surface area contributed by atoms with Gasteiger partial charge in [0.1, 0.15) is 5.76 Å². The van der Waals surface area contributed by atoms with Crippen LogP contribution in [0.25, 0.3) is 27.8 Å². The lowest BCUT2D eigenvalue weighted by Crippen LogP contribution is -1.91. The maximum atomic E-state index is 5.33. The Hall–Kier alpha value is -2.95. The van der Waals surface area contributed by atoms with Crippen molar-refractivity contribution < 1.29 is 4.52 Å². The Morgan fingerprint density at radius 1 is 1.09 bits per heavy atom. The third-order valence-corrected chi connectivity index (χ3v) is 3.82. The van der Waals surface area contributed by atoms with E-state index in [1.165, 1.54) is 0 Å².